The van der Waals surface area contributed by atoms with Gasteiger partial charge in [-0.25, -0.2) is 13.6 Å². The molecule has 0 unspecified atom stereocenters. The summed E-state index contributed by atoms with van der Waals surface area (Å²) >= 11 is 3.35. The molecule has 2 aromatic rings. The summed E-state index contributed by atoms with van der Waals surface area (Å²) in [5.74, 6) is -3.98. The van der Waals surface area contributed by atoms with Crippen molar-refractivity contribution in [2.24, 2.45) is 0 Å². The van der Waals surface area contributed by atoms with Crippen LogP contribution in [0, 0.1) is 11.6 Å². The Bertz CT molecular complexity index is 767. The Morgan fingerprint density at radius 1 is 1.17 bits per heavy atom. The molecule has 4 nitrogen and oxygen atoms in total. The third-order valence-corrected chi connectivity index (χ3v) is 4.14. The first-order valence-corrected chi connectivity index (χ1v) is 7.79. The maximum atomic E-state index is 13.7. The molecule has 0 fully saturated rings. The summed E-state index contributed by atoms with van der Waals surface area (Å²) < 4.78 is 32.4. The molecular weight excluding hydrogens is 384 g/mol. The average Bonchev–Trinajstić information content (AvgIpc) is 2.57. The number of carbonyl (C=O) groups is 2. The third-order valence-electron chi connectivity index (χ3n) is 3.37. The van der Waals surface area contributed by atoms with Gasteiger partial charge in [-0.05, 0) is 23.8 Å². The van der Waals surface area contributed by atoms with Crippen LogP contribution in [0.25, 0.3) is 0 Å². The van der Waals surface area contributed by atoms with Crippen LogP contribution in [0.5, 0.6) is 0 Å². The molecule has 1 atom stereocenters. The SMILES string of the molecule is COC(=O)[C@H](Cc1ccccc1Br)NC(=O)c1cccc(F)c1F. The molecule has 7 heteroatoms. The standard InChI is InChI=1S/C17H14BrF2NO3/c1-24-17(23)14(9-10-5-2-3-7-12(10)18)21-16(22)11-6-4-8-13(19)15(11)20/h2-8,14H,9H2,1H3,(H,21,22)/t14-/m0/s1. The number of methoxy groups -OCH3 is 1. The Labute approximate surface area is 145 Å². The number of hydrogen-bond donors (Lipinski definition) is 1. The molecule has 0 heterocycles. The highest BCUT2D eigenvalue weighted by atomic mass is 79.9. The zero-order valence-corrected chi connectivity index (χ0v) is 14.3. The van der Waals surface area contributed by atoms with E-state index >= 15 is 0 Å². The lowest BCUT2D eigenvalue weighted by atomic mass is 10.1. The van der Waals surface area contributed by atoms with Gasteiger partial charge in [-0.15, -0.1) is 0 Å². The van der Waals surface area contributed by atoms with Crippen LogP contribution in [0.4, 0.5) is 8.78 Å². The smallest absolute Gasteiger partial charge is 0.328 e. The van der Waals surface area contributed by atoms with Gasteiger partial charge in [0, 0.05) is 10.9 Å². The van der Waals surface area contributed by atoms with Crippen LogP contribution in [0.3, 0.4) is 0 Å². The molecule has 2 aromatic carbocycles. The first-order chi connectivity index (χ1) is 11.4. The van der Waals surface area contributed by atoms with Crippen LogP contribution in [0.2, 0.25) is 0 Å². The summed E-state index contributed by atoms with van der Waals surface area (Å²) in [5, 5.41) is 2.39. The molecule has 0 spiro atoms. The molecule has 2 rings (SSSR count). The van der Waals surface area contributed by atoms with E-state index in [1.807, 2.05) is 0 Å². The van der Waals surface area contributed by atoms with Crippen LogP contribution in [0.1, 0.15) is 15.9 Å². The second kappa shape index (κ2) is 8.01. The summed E-state index contributed by atoms with van der Waals surface area (Å²) in [6.45, 7) is 0. The van der Waals surface area contributed by atoms with E-state index in [9.17, 15) is 18.4 Å². The maximum Gasteiger partial charge on any atom is 0.328 e. The second-order valence-corrected chi connectivity index (χ2v) is 5.80. The van der Waals surface area contributed by atoms with Gasteiger partial charge in [0.05, 0.1) is 12.7 Å². The van der Waals surface area contributed by atoms with Crippen molar-refractivity contribution in [1.82, 2.24) is 5.32 Å². The van der Waals surface area contributed by atoms with Crippen LogP contribution < -0.4 is 5.32 Å². The van der Waals surface area contributed by atoms with Gasteiger partial charge >= 0.3 is 5.97 Å². The zero-order chi connectivity index (χ0) is 17.7. The molecule has 0 saturated carbocycles. The fraction of sp³-hybridized carbons (Fsp3) is 0.176. The number of benzene rings is 2. The van der Waals surface area contributed by atoms with Crippen molar-refractivity contribution in [3.05, 3.63) is 69.7 Å². The number of halogens is 3. The van der Waals surface area contributed by atoms with E-state index in [4.69, 9.17) is 0 Å². The van der Waals surface area contributed by atoms with Crippen molar-refractivity contribution >= 4 is 27.8 Å². The fourth-order valence-corrected chi connectivity index (χ4v) is 2.58. The molecule has 0 aromatic heterocycles. The Morgan fingerprint density at radius 3 is 2.54 bits per heavy atom. The van der Waals surface area contributed by atoms with Gasteiger partial charge in [0.1, 0.15) is 6.04 Å². The van der Waals surface area contributed by atoms with Crippen LogP contribution in [0.15, 0.2) is 46.9 Å². The first kappa shape index (κ1) is 18.1. The summed E-state index contributed by atoms with van der Waals surface area (Å²) in [6, 6.07) is 9.37. The monoisotopic (exact) mass is 397 g/mol. The molecule has 0 aliphatic heterocycles. The van der Waals surface area contributed by atoms with E-state index in [-0.39, 0.29) is 6.42 Å². The summed E-state index contributed by atoms with van der Waals surface area (Å²) in [5.41, 5.74) is 0.281. The molecule has 1 N–H and O–H groups in total. The lowest BCUT2D eigenvalue weighted by Crippen LogP contribution is -2.43. The van der Waals surface area contributed by atoms with E-state index in [0.717, 1.165) is 22.2 Å². The normalized spacial score (nSPS) is 11.7. The predicted molar refractivity (Wildman–Crippen MR) is 87.5 cm³/mol. The lowest BCUT2D eigenvalue weighted by Gasteiger charge is -2.17. The molecule has 1 amide bonds. The largest absolute Gasteiger partial charge is 0.467 e. The molecule has 24 heavy (non-hydrogen) atoms. The number of esters is 1. The van der Waals surface area contributed by atoms with Crippen molar-refractivity contribution in [3.63, 3.8) is 0 Å². The zero-order valence-electron chi connectivity index (χ0n) is 12.7. The third kappa shape index (κ3) is 4.17. The van der Waals surface area contributed by atoms with Gasteiger partial charge in [0.15, 0.2) is 11.6 Å². The lowest BCUT2D eigenvalue weighted by molar-refractivity contribution is -0.142. The molecule has 0 radical (unpaired) electrons. The van der Waals surface area contributed by atoms with Crippen molar-refractivity contribution in [2.75, 3.05) is 7.11 Å². The van der Waals surface area contributed by atoms with Crippen molar-refractivity contribution < 1.29 is 23.1 Å². The molecule has 0 saturated heterocycles. The van der Waals surface area contributed by atoms with E-state index in [1.54, 1.807) is 24.3 Å². The van der Waals surface area contributed by atoms with Crippen LogP contribution in [-0.2, 0) is 16.0 Å². The highest BCUT2D eigenvalue weighted by molar-refractivity contribution is 9.10. The minimum Gasteiger partial charge on any atom is -0.467 e. The first-order valence-electron chi connectivity index (χ1n) is 7.00. The molecular formula is C17H14BrF2NO3. The number of nitrogens with one attached hydrogen (secondary N) is 1. The number of rotatable bonds is 5. The quantitative estimate of drug-likeness (QED) is 0.787. The van der Waals surface area contributed by atoms with Gasteiger partial charge in [-0.2, -0.15) is 0 Å². The van der Waals surface area contributed by atoms with E-state index in [0.29, 0.717) is 0 Å². The number of amides is 1. The van der Waals surface area contributed by atoms with Gasteiger partial charge in [0.25, 0.3) is 5.91 Å². The highest BCUT2D eigenvalue weighted by Crippen LogP contribution is 2.18. The van der Waals surface area contributed by atoms with Gasteiger partial charge in [-0.1, -0.05) is 40.2 Å². The summed E-state index contributed by atoms with van der Waals surface area (Å²) in [7, 11) is 1.18. The van der Waals surface area contributed by atoms with Crippen molar-refractivity contribution in [1.29, 1.82) is 0 Å². The molecule has 0 bridgehead atoms. The van der Waals surface area contributed by atoms with Crippen molar-refractivity contribution in [2.45, 2.75) is 12.5 Å². The predicted octanol–water partition coefficient (Wildman–Crippen LogP) is 3.24. The Balaban J connectivity index is 2.23. The molecule has 0 aliphatic rings. The molecule has 0 aliphatic carbocycles. The Kier molecular flexibility index (Phi) is 6.03. The Hall–Kier alpha value is -2.28. The number of ether oxygens (including phenoxy) is 1. The number of carbonyl (C=O) groups excluding carboxylic acids is 2. The van der Waals surface area contributed by atoms with Gasteiger partial charge in [0.2, 0.25) is 0 Å². The van der Waals surface area contributed by atoms with Crippen molar-refractivity contribution in [3.8, 4) is 0 Å². The minimum absolute atomic E-state index is 0.136. The van der Waals surface area contributed by atoms with Gasteiger partial charge in [-0.3, -0.25) is 4.79 Å². The van der Waals surface area contributed by atoms with Crippen LogP contribution >= 0.6 is 15.9 Å². The summed E-state index contributed by atoms with van der Waals surface area (Å²) in [4.78, 5) is 24.1. The number of hydrogen-bond acceptors (Lipinski definition) is 3. The maximum absolute atomic E-state index is 13.7. The van der Waals surface area contributed by atoms with Gasteiger partial charge < -0.3 is 10.1 Å². The van der Waals surface area contributed by atoms with Crippen LogP contribution in [-0.4, -0.2) is 25.0 Å². The highest BCUT2D eigenvalue weighted by Gasteiger charge is 2.25. The minimum atomic E-state index is -1.26. The average molecular weight is 398 g/mol. The molecule has 126 valence electrons. The van der Waals surface area contributed by atoms with E-state index in [1.165, 1.54) is 13.2 Å². The topological polar surface area (TPSA) is 55.4 Å². The summed E-state index contributed by atoms with van der Waals surface area (Å²) in [6.07, 6.45) is 0.136. The van der Waals surface area contributed by atoms with E-state index < -0.39 is 35.1 Å². The Morgan fingerprint density at radius 2 is 1.88 bits per heavy atom. The second-order valence-electron chi connectivity index (χ2n) is 4.95. The van der Waals surface area contributed by atoms with E-state index in [2.05, 4.69) is 26.0 Å². The fourth-order valence-electron chi connectivity index (χ4n) is 2.13.